The summed E-state index contributed by atoms with van der Waals surface area (Å²) < 4.78 is 0. The summed E-state index contributed by atoms with van der Waals surface area (Å²) in [6, 6.07) is 15.2. The van der Waals surface area contributed by atoms with Gasteiger partial charge in [-0.25, -0.2) is 0 Å². The second-order valence-corrected chi connectivity index (χ2v) is 7.12. The molecule has 1 fully saturated rings. The van der Waals surface area contributed by atoms with Crippen molar-refractivity contribution in [2.24, 2.45) is 0 Å². The number of halogens is 1. The Morgan fingerprint density at radius 2 is 1.68 bits per heavy atom. The van der Waals surface area contributed by atoms with Crippen LogP contribution < -0.4 is 4.90 Å². The van der Waals surface area contributed by atoms with Crippen molar-refractivity contribution in [1.82, 2.24) is 4.90 Å². The number of carbonyl (C=O) groups is 2. The first-order chi connectivity index (χ1) is 13.6. The molecular weight excluding hydrogens is 376 g/mol. The molecule has 2 aromatic carbocycles. The molecule has 1 aliphatic rings. The third-order valence-electron chi connectivity index (χ3n) is 4.78. The van der Waals surface area contributed by atoms with E-state index in [1.807, 2.05) is 41.3 Å². The minimum Gasteiger partial charge on any atom is -0.388 e. The van der Waals surface area contributed by atoms with Crippen LogP contribution in [0.5, 0.6) is 0 Å². The first-order valence-electron chi connectivity index (χ1n) is 9.25. The van der Waals surface area contributed by atoms with E-state index in [1.165, 1.54) is 6.08 Å². The van der Waals surface area contributed by atoms with E-state index < -0.39 is 6.61 Å². The summed E-state index contributed by atoms with van der Waals surface area (Å²) in [6.07, 6.45) is 3.50. The minimum absolute atomic E-state index is 0.115. The van der Waals surface area contributed by atoms with E-state index in [0.29, 0.717) is 24.5 Å². The van der Waals surface area contributed by atoms with Crippen LogP contribution in [0, 0.1) is 0 Å². The Hall–Kier alpha value is -2.63. The van der Waals surface area contributed by atoms with Crippen LogP contribution in [-0.2, 0) is 16.0 Å². The molecule has 0 radical (unpaired) electrons. The molecule has 1 amide bonds. The van der Waals surface area contributed by atoms with Gasteiger partial charge >= 0.3 is 0 Å². The predicted molar refractivity (Wildman–Crippen MR) is 112 cm³/mol. The molecule has 6 heteroatoms. The number of piperazine rings is 1. The molecule has 0 aromatic heterocycles. The number of para-hydroxylation sites is 1. The van der Waals surface area contributed by atoms with Crippen LogP contribution in [-0.4, -0.2) is 54.5 Å². The van der Waals surface area contributed by atoms with Crippen molar-refractivity contribution >= 4 is 35.1 Å². The molecule has 28 heavy (non-hydrogen) atoms. The number of anilines is 1. The molecule has 3 rings (SSSR count). The Labute approximate surface area is 169 Å². The highest BCUT2D eigenvalue weighted by atomic mass is 35.5. The van der Waals surface area contributed by atoms with Crippen molar-refractivity contribution in [2.45, 2.75) is 6.42 Å². The van der Waals surface area contributed by atoms with Gasteiger partial charge < -0.3 is 14.9 Å². The van der Waals surface area contributed by atoms with Gasteiger partial charge in [-0.1, -0.05) is 41.9 Å². The van der Waals surface area contributed by atoms with Crippen LogP contribution in [0.15, 0.2) is 54.6 Å². The smallest absolute Gasteiger partial charge is 0.227 e. The standard InChI is InChI=1S/C22H23ClN2O3/c23-19-8-5-17(6-9-19)15-22(28)25-13-11-24(12-14-25)21-4-2-1-3-18(21)7-10-20(27)16-26/h1-10,26H,11-16H2/b10-7+. The van der Waals surface area contributed by atoms with Gasteiger partial charge in [0.2, 0.25) is 5.91 Å². The topological polar surface area (TPSA) is 60.9 Å². The molecule has 1 saturated heterocycles. The number of aliphatic hydroxyl groups is 1. The van der Waals surface area contributed by atoms with Crippen LogP contribution in [0.25, 0.3) is 6.08 Å². The van der Waals surface area contributed by atoms with E-state index >= 15 is 0 Å². The van der Waals surface area contributed by atoms with Gasteiger partial charge in [0.05, 0.1) is 6.42 Å². The van der Waals surface area contributed by atoms with Crippen molar-refractivity contribution < 1.29 is 14.7 Å². The largest absolute Gasteiger partial charge is 0.388 e. The fourth-order valence-electron chi connectivity index (χ4n) is 3.24. The van der Waals surface area contributed by atoms with E-state index in [2.05, 4.69) is 4.90 Å². The van der Waals surface area contributed by atoms with Crippen molar-refractivity contribution in [3.05, 3.63) is 70.8 Å². The second-order valence-electron chi connectivity index (χ2n) is 6.69. The zero-order chi connectivity index (χ0) is 19.9. The third kappa shape index (κ3) is 5.21. The Kier molecular flexibility index (Phi) is 6.85. The number of benzene rings is 2. The van der Waals surface area contributed by atoms with Crippen LogP contribution in [0.3, 0.4) is 0 Å². The van der Waals surface area contributed by atoms with Crippen LogP contribution in [0.4, 0.5) is 5.69 Å². The van der Waals surface area contributed by atoms with Crippen LogP contribution in [0.2, 0.25) is 5.02 Å². The number of carbonyl (C=O) groups excluding carboxylic acids is 2. The predicted octanol–water partition coefficient (Wildman–Crippen LogP) is 2.81. The summed E-state index contributed by atoms with van der Waals surface area (Å²) in [5, 5.41) is 9.54. The van der Waals surface area contributed by atoms with Crippen LogP contribution >= 0.6 is 11.6 Å². The minimum atomic E-state index is -0.493. The van der Waals surface area contributed by atoms with E-state index in [9.17, 15) is 9.59 Å². The number of ketones is 1. The van der Waals surface area contributed by atoms with Gasteiger partial charge in [0.15, 0.2) is 5.78 Å². The molecule has 0 unspecified atom stereocenters. The van der Waals surface area contributed by atoms with Gasteiger partial charge in [-0.2, -0.15) is 0 Å². The van der Waals surface area contributed by atoms with Crippen molar-refractivity contribution in [2.75, 3.05) is 37.7 Å². The summed E-state index contributed by atoms with van der Waals surface area (Å²) in [4.78, 5) is 28.0. The molecule has 2 aromatic rings. The SMILES string of the molecule is O=C(/C=C/c1ccccc1N1CCN(C(=O)Cc2ccc(Cl)cc2)CC1)CO. The maximum Gasteiger partial charge on any atom is 0.227 e. The van der Waals surface area contributed by atoms with E-state index in [1.54, 1.807) is 18.2 Å². The molecule has 0 saturated carbocycles. The Balaban J connectivity index is 1.61. The lowest BCUT2D eigenvalue weighted by Gasteiger charge is -2.37. The number of hydrogen-bond donors (Lipinski definition) is 1. The molecule has 0 bridgehead atoms. The quantitative estimate of drug-likeness (QED) is 0.760. The molecule has 1 N–H and O–H groups in total. The Morgan fingerprint density at radius 1 is 1.00 bits per heavy atom. The highest BCUT2D eigenvalue weighted by molar-refractivity contribution is 6.30. The lowest BCUT2D eigenvalue weighted by Crippen LogP contribution is -2.49. The summed E-state index contributed by atoms with van der Waals surface area (Å²) in [5.41, 5.74) is 2.90. The fourth-order valence-corrected chi connectivity index (χ4v) is 3.36. The third-order valence-corrected chi connectivity index (χ3v) is 5.04. The molecule has 0 aliphatic carbocycles. The second kappa shape index (κ2) is 9.53. The van der Waals surface area contributed by atoms with Crippen molar-refractivity contribution in [1.29, 1.82) is 0 Å². The van der Waals surface area contributed by atoms with Gasteiger partial charge in [0.1, 0.15) is 6.61 Å². The Morgan fingerprint density at radius 3 is 2.36 bits per heavy atom. The normalized spacial score (nSPS) is 14.5. The van der Waals surface area contributed by atoms with E-state index in [-0.39, 0.29) is 11.7 Å². The number of nitrogens with zero attached hydrogens (tertiary/aromatic N) is 2. The molecular formula is C22H23ClN2O3. The fraction of sp³-hybridized carbons (Fsp3) is 0.273. The lowest BCUT2D eigenvalue weighted by molar-refractivity contribution is -0.130. The van der Waals surface area contributed by atoms with Gasteiger partial charge in [-0.15, -0.1) is 0 Å². The van der Waals surface area contributed by atoms with E-state index in [0.717, 1.165) is 29.9 Å². The molecule has 5 nitrogen and oxygen atoms in total. The van der Waals surface area contributed by atoms with Gasteiger partial charge in [-0.3, -0.25) is 9.59 Å². The maximum absolute atomic E-state index is 12.6. The monoisotopic (exact) mass is 398 g/mol. The summed E-state index contributed by atoms with van der Waals surface area (Å²) in [6.45, 7) is 2.27. The zero-order valence-corrected chi connectivity index (χ0v) is 16.3. The van der Waals surface area contributed by atoms with E-state index in [4.69, 9.17) is 16.7 Å². The first-order valence-corrected chi connectivity index (χ1v) is 9.62. The number of amides is 1. The zero-order valence-electron chi connectivity index (χ0n) is 15.6. The summed E-state index contributed by atoms with van der Waals surface area (Å²) in [5.74, 6) is -0.212. The first kappa shape index (κ1) is 20.1. The van der Waals surface area contributed by atoms with Gasteiger partial charge in [0, 0.05) is 36.9 Å². The summed E-state index contributed by atoms with van der Waals surface area (Å²) >= 11 is 5.90. The van der Waals surface area contributed by atoms with Gasteiger partial charge in [-0.05, 0) is 41.5 Å². The molecule has 146 valence electrons. The number of hydrogen-bond acceptors (Lipinski definition) is 4. The Bertz CT molecular complexity index is 856. The summed E-state index contributed by atoms with van der Waals surface area (Å²) in [7, 11) is 0. The van der Waals surface area contributed by atoms with Gasteiger partial charge in [0.25, 0.3) is 0 Å². The molecule has 1 aliphatic heterocycles. The molecule has 1 heterocycles. The highest BCUT2D eigenvalue weighted by Crippen LogP contribution is 2.23. The van der Waals surface area contributed by atoms with Crippen molar-refractivity contribution in [3.8, 4) is 0 Å². The lowest BCUT2D eigenvalue weighted by atomic mass is 10.1. The number of aliphatic hydroxyl groups excluding tert-OH is 1. The van der Waals surface area contributed by atoms with Crippen LogP contribution in [0.1, 0.15) is 11.1 Å². The van der Waals surface area contributed by atoms with Crippen molar-refractivity contribution in [3.63, 3.8) is 0 Å². The number of rotatable bonds is 6. The molecule has 0 atom stereocenters. The maximum atomic E-state index is 12.6. The average Bonchev–Trinajstić information content (AvgIpc) is 2.74. The molecule has 0 spiro atoms. The highest BCUT2D eigenvalue weighted by Gasteiger charge is 2.22. The average molecular weight is 399 g/mol.